The van der Waals surface area contributed by atoms with Crippen LogP contribution in [0.1, 0.15) is 23.5 Å². The van der Waals surface area contributed by atoms with E-state index in [0.717, 1.165) is 13.0 Å². The first-order valence-electron chi connectivity index (χ1n) is 5.36. The van der Waals surface area contributed by atoms with Crippen LogP contribution < -0.4 is 5.32 Å². The second kappa shape index (κ2) is 5.23. The van der Waals surface area contributed by atoms with Crippen molar-refractivity contribution >= 4 is 11.3 Å². The highest BCUT2D eigenvalue weighted by atomic mass is 32.1. The summed E-state index contributed by atoms with van der Waals surface area (Å²) in [5, 5.41) is 7.63. The molecule has 0 aliphatic rings. The predicted octanol–water partition coefficient (Wildman–Crippen LogP) is 1.77. The van der Waals surface area contributed by atoms with Crippen molar-refractivity contribution in [3.05, 3.63) is 34.5 Å². The second-order valence-electron chi connectivity index (χ2n) is 3.78. The Morgan fingerprint density at radius 1 is 1.56 bits per heavy atom. The van der Waals surface area contributed by atoms with E-state index in [-0.39, 0.29) is 0 Å². The standard InChI is InChI=1S/C11H16N4S/c1-9(11-7-12-8-16-11)13-5-3-10-4-6-14-15(10)2/h4,6-9,13H,3,5H2,1-2H3. The van der Waals surface area contributed by atoms with Crippen LogP contribution in [-0.2, 0) is 13.5 Å². The third-order valence-electron chi connectivity index (χ3n) is 2.63. The lowest BCUT2D eigenvalue weighted by Gasteiger charge is -2.11. The van der Waals surface area contributed by atoms with Gasteiger partial charge in [-0.05, 0) is 13.0 Å². The third-order valence-corrected chi connectivity index (χ3v) is 3.59. The van der Waals surface area contributed by atoms with Crippen LogP contribution in [0, 0.1) is 0 Å². The van der Waals surface area contributed by atoms with E-state index in [1.807, 2.05) is 29.6 Å². The molecule has 1 atom stereocenters. The molecule has 0 aliphatic heterocycles. The highest BCUT2D eigenvalue weighted by Gasteiger charge is 2.06. The van der Waals surface area contributed by atoms with Gasteiger partial charge in [0.25, 0.3) is 0 Å². The second-order valence-corrected chi connectivity index (χ2v) is 4.69. The molecule has 0 saturated heterocycles. The molecule has 16 heavy (non-hydrogen) atoms. The molecule has 1 N–H and O–H groups in total. The number of aromatic nitrogens is 3. The van der Waals surface area contributed by atoms with Crippen LogP contribution in [0.2, 0.25) is 0 Å². The zero-order valence-corrected chi connectivity index (χ0v) is 10.4. The summed E-state index contributed by atoms with van der Waals surface area (Å²) >= 11 is 1.69. The number of thiazole rings is 1. The molecule has 0 radical (unpaired) electrons. The summed E-state index contributed by atoms with van der Waals surface area (Å²) in [5.41, 5.74) is 3.12. The molecule has 0 saturated carbocycles. The average Bonchev–Trinajstić information content (AvgIpc) is 2.90. The van der Waals surface area contributed by atoms with Crippen molar-refractivity contribution in [2.45, 2.75) is 19.4 Å². The summed E-state index contributed by atoms with van der Waals surface area (Å²) in [5.74, 6) is 0. The summed E-state index contributed by atoms with van der Waals surface area (Å²) < 4.78 is 1.92. The van der Waals surface area contributed by atoms with Crippen molar-refractivity contribution in [3.63, 3.8) is 0 Å². The van der Waals surface area contributed by atoms with E-state index >= 15 is 0 Å². The molecule has 4 nitrogen and oxygen atoms in total. The maximum absolute atomic E-state index is 4.15. The molecule has 1 unspecified atom stereocenters. The van der Waals surface area contributed by atoms with Crippen LogP contribution in [0.3, 0.4) is 0 Å². The normalized spacial score (nSPS) is 12.9. The average molecular weight is 236 g/mol. The summed E-state index contributed by atoms with van der Waals surface area (Å²) in [6.45, 7) is 3.12. The molecule has 0 fully saturated rings. The highest BCUT2D eigenvalue weighted by molar-refractivity contribution is 7.09. The fraction of sp³-hybridized carbons (Fsp3) is 0.455. The van der Waals surface area contributed by atoms with Gasteiger partial charge < -0.3 is 5.32 Å². The number of aryl methyl sites for hydroxylation is 1. The van der Waals surface area contributed by atoms with Crippen LogP contribution in [-0.4, -0.2) is 21.3 Å². The molecule has 0 bridgehead atoms. The molecular formula is C11H16N4S. The molecule has 0 aliphatic carbocycles. The Labute approximate surface area is 99.3 Å². The van der Waals surface area contributed by atoms with Crippen LogP contribution in [0.15, 0.2) is 24.0 Å². The van der Waals surface area contributed by atoms with Gasteiger partial charge in [-0.3, -0.25) is 9.67 Å². The summed E-state index contributed by atoms with van der Waals surface area (Å²) in [6.07, 6.45) is 4.76. The monoisotopic (exact) mass is 236 g/mol. The Hall–Kier alpha value is -1.20. The maximum Gasteiger partial charge on any atom is 0.0794 e. The van der Waals surface area contributed by atoms with Crippen molar-refractivity contribution in [2.24, 2.45) is 7.05 Å². The van der Waals surface area contributed by atoms with Crippen LogP contribution in [0.4, 0.5) is 0 Å². The van der Waals surface area contributed by atoms with Gasteiger partial charge in [-0.1, -0.05) is 0 Å². The lowest BCUT2D eigenvalue weighted by atomic mass is 10.2. The minimum Gasteiger partial charge on any atom is -0.309 e. The van der Waals surface area contributed by atoms with E-state index in [4.69, 9.17) is 0 Å². The van der Waals surface area contributed by atoms with Gasteiger partial charge in [0.1, 0.15) is 0 Å². The zero-order valence-electron chi connectivity index (χ0n) is 9.55. The van der Waals surface area contributed by atoms with Crippen molar-refractivity contribution in [1.29, 1.82) is 0 Å². The van der Waals surface area contributed by atoms with Crippen LogP contribution in [0.5, 0.6) is 0 Å². The van der Waals surface area contributed by atoms with Gasteiger partial charge in [0.05, 0.1) is 5.51 Å². The van der Waals surface area contributed by atoms with E-state index in [2.05, 4.69) is 28.4 Å². The Kier molecular flexibility index (Phi) is 3.69. The van der Waals surface area contributed by atoms with Gasteiger partial charge >= 0.3 is 0 Å². The first-order valence-corrected chi connectivity index (χ1v) is 6.24. The van der Waals surface area contributed by atoms with Gasteiger partial charge in [-0.2, -0.15) is 5.10 Å². The van der Waals surface area contributed by atoms with E-state index in [9.17, 15) is 0 Å². The molecule has 2 heterocycles. The smallest absolute Gasteiger partial charge is 0.0794 e. The number of nitrogens with zero attached hydrogens (tertiary/aromatic N) is 3. The first kappa shape index (κ1) is 11.3. The minimum atomic E-state index is 0.376. The quantitative estimate of drug-likeness (QED) is 0.860. The van der Waals surface area contributed by atoms with Crippen molar-refractivity contribution in [2.75, 3.05) is 6.54 Å². The molecule has 0 spiro atoms. The lowest BCUT2D eigenvalue weighted by molar-refractivity contribution is 0.570. The molecule has 2 aromatic heterocycles. The van der Waals surface area contributed by atoms with Gasteiger partial charge in [0.15, 0.2) is 0 Å². The Balaban J connectivity index is 1.78. The summed E-state index contributed by atoms with van der Waals surface area (Å²) in [4.78, 5) is 5.36. The van der Waals surface area contributed by atoms with Crippen molar-refractivity contribution in [1.82, 2.24) is 20.1 Å². The number of hydrogen-bond acceptors (Lipinski definition) is 4. The summed E-state index contributed by atoms with van der Waals surface area (Å²) in [6, 6.07) is 2.43. The minimum absolute atomic E-state index is 0.376. The van der Waals surface area contributed by atoms with Gasteiger partial charge in [0.2, 0.25) is 0 Å². The molecule has 2 aromatic rings. The summed E-state index contributed by atoms with van der Waals surface area (Å²) in [7, 11) is 1.97. The fourth-order valence-electron chi connectivity index (χ4n) is 1.60. The van der Waals surface area contributed by atoms with Crippen LogP contribution in [0.25, 0.3) is 0 Å². The Morgan fingerprint density at radius 2 is 2.44 bits per heavy atom. The van der Waals surface area contributed by atoms with E-state index in [0.29, 0.717) is 6.04 Å². The van der Waals surface area contributed by atoms with Crippen molar-refractivity contribution in [3.8, 4) is 0 Å². The Morgan fingerprint density at radius 3 is 3.06 bits per heavy atom. The largest absolute Gasteiger partial charge is 0.309 e. The Bertz CT molecular complexity index is 421. The van der Waals surface area contributed by atoms with Gasteiger partial charge in [0, 0.05) is 49.0 Å². The fourth-order valence-corrected chi connectivity index (χ4v) is 2.26. The SMILES string of the molecule is CC(NCCc1ccnn1C)c1cncs1. The van der Waals surface area contributed by atoms with Crippen LogP contribution >= 0.6 is 11.3 Å². The maximum atomic E-state index is 4.15. The lowest BCUT2D eigenvalue weighted by Crippen LogP contribution is -2.21. The van der Waals surface area contributed by atoms with Gasteiger partial charge in [-0.25, -0.2) is 0 Å². The molecule has 86 valence electrons. The van der Waals surface area contributed by atoms with Gasteiger partial charge in [-0.15, -0.1) is 11.3 Å². The molecule has 0 amide bonds. The number of nitrogens with one attached hydrogen (secondary N) is 1. The predicted molar refractivity (Wildman–Crippen MR) is 65.4 cm³/mol. The molecule has 5 heteroatoms. The van der Waals surface area contributed by atoms with E-state index in [1.54, 1.807) is 11.3 Å². The van der Waals surface area contributed by atoms with E-state index in [1.165, 1.54) is 10.6 Å². The van der Waals surface area contributed by atoms with E-state index < -0.39 is 0 Å². The molecule has 0 aromatic carbocycles. The zero-order chi connectivity index (χ0) is 11.4. The first-order chi connectivity index (χ1) is 7.77. The third kappa shape index (κ3) is 2.68. The number of hydrogen-bond donors (Lipinski definition) is 1. The molecule has 2 rings (SSSR count). The van der Waals surface area contributed by atoms with Crippen molar-refractivity contribution < 1.29 is 0 Å². The molecular weight excluding hydrogens is 220 g/mol. The topological polar surface area (TPSA) is 42.7 Å². The highest BCUT2D eigenvalue weighted by Crippen LogP contribution is 2.15. The number of rotatable bonds is 5.